The number of thioether (sulfide) groups is 1. The lowest BCUT2D eigenvalue weighted by atomic mass is 10.0. The maximum Gasteiger partial charge on any atom is 0.336 e. The molecule has 1 aliphatic heterocycles. The average molecular weight is 615 g/mol. The first-order valence-corrected chi connectivity index (χ1v) is 14.9. The standard InChI is InChI=1S/C35H26N4O5S/c1-44-26-11-7-8-22(18-26)19-31-33(41)39(25-9-3-2-4-10-25)35(38-31)45-21-32(40)36-24-16-14-23(15-17-24)30-20-28(34(42)43)27-12-5-6-13-29(27)37-30/h2-20H,21H2,1H3,(H,36,40)(H,42,43)/b31-19-. The number of nitrogens with zero attached hydrogens (tertiary/aromatic N) is 3. The number of nitrogens with one attached hydrogen (secondary N) is 1. The van der Waals surface area contributed by atoms with E-state index in [0.717, 1.165) is 17.3 Å². The topological polar surface area (TPSA) is 121 Å². The number of carboxylic acids is 1. The van der Waals surface area contributed by atoms with Gasteiger partial charge in [0.15, 0.2) is 5.17 Å². The Hall–Kier alpha value is -5.74. The molecule has 0 spiro atoms. The number of hydrogen-bond acceptors (Lipinski definition) is 7. The summed E-state index contributed by atoms with van der Waals surface area (Å²) in [7, 11) is 1.58. The van der Waals surface area contributed by atoms with Gasteiger partial charge in [-0.1, -0.05) is 72.4 Å². The second-order valence-electron chi connectivity index (χ2n) is 9.97. The van der Waals surface area contributed by atoms with Crippen molar-refractivity contribution < 1.29 is 24.2 Å². The van der Waals surface area contributed by atoms with Crippen LogP contribution in [0.2, 0.25) is 0 Å². The van der Waals surface area contributed by atoms with Crippen molar-refractivity contribution in [3.05, 3.63) is 126 Å². The third kappa shape index (κ3) is 6.46. The summed E-state index contributed by atoms with van der Waals surface area (Å²) in [4.78, 5) is 49.0. The molecule has 9 nitrogen and oxygen atoms in total. The Morgan fingerprint density at radius 1 is 0.933 bits per heavy atom. The maximum absolute atomic E-state index is 13.5. The predicted molar refractivity (Wildman–Crippen MR) is 178 cm³/mol. The van der Waals surface area contributed by atoms with Crippen molar-refractivity contribution in [3.8, 4) is 17.0 Å². The molecule has 6 rings (SSSR count). The molecule has 10 heteroatoms. The number of carbonyl (C=O) groups is 3. The van der Waals surface area contributed by atoms with Gasteiger partial charge in [-0.15, -0.1) is 0 Å². The molecule has 4 aromatic carbocycles. The van der Waals surface area contributed by atoms with Crippen molar-refractivity contribution in [2.75, 3.05) is 23.1 Å². The molecular formula is C35H26N4O5S. The number of carbonyl (C=O) groups excluding carboxylic acids is 2. The third-order valence-corrected chi connectivity index (χ3v) is 7.92. The second kappa shape index (κ2) is 12.9. The molecule has 0 radical (unpaired) electrons. The lowest BCUT2D eigenvalue weighted by Crippen LogP contribution is -2.31. The molecule has 0 unspecified atom stereocenters. The van der Waals surface area contributed by atoms with Crippen molar-refractivity contribution in [2.45, 2.75) is 0 Å². The minimum absolute atomic E-state index is 0.0117. The molecule has 5 aromatic rings. The number of aromatic carboxylic acids is 1. The molecule has 0 fully saturated rings. The number of ether oxygens (including phenoxy) is 1. The number of pyridine rings is 1. The van der Waals surface area contributed by atoms with Crippen LogP contribution in [-0.2, 0) is 9.59 Å². The van der Waals surface area contributed by atoms with Gasteiger partial charge in [0.2, 0.25) is 5.91 Å². The summed E-state index contributed by atoms with van der Waals surface area (Å²) in [6.07, 6.45) is 1.69. The minimum Gasteiger partial charge on any atom is -0.497 e. The smallest absolute Gasteiger partial charge is 0.336 e. The number of para-hydroxylation sites is 2. The van der Waals surface area contributed by atoms with Crippen molar-refractivity contribution in [1.82, 2.24) is 4.98 Å². The number of fused-ring (bicyclic) bond motifs is 1. The summed E-state index contributed by atoms with van der Waals surface area (Å²) in [5, 5.41) is 13.5. The second-order valence-corrected chi connectivity index (χ2v) is 10.9. The van der Waals surface area contributed by atoms with E-state index < -0.39 is 5.97 Å². The number of benzene rings is 4. The molecule has 222 valence electrons. The highest BCUT2D eigenvalue weighted by atomic mass is 32.2. The van der Waals surface area contributed by atoms with Crippen molar-refractivity contribution in [3.63, 3.8) is 0 Å². The van der Waals surface area contributed by atoms with Crippen LogP contribution in [-0.4, -0.2) is 45.9 Å². The number of aliphatic imine (C=N–C) groups is 1. The Kier molecular flexibility index (Phi) is 8.39. The molecule has 0 aliphatic carbocycles. The number of anilines is 2. The van der Waals surface area contributed by atoms with Crippen molar-refractivity contribution in [1.29, 1.82) is 0 Å². The Bertz CT molecular complexity index is 1990. The van der Waals surface area contributed by atoms with Crippen LogP contribution >= 0.6 is 11.8 Å². The van der Waals surface area contributed by atoms with Crippen LogP contribution in [0.3, 0.4) is 0 Å². The van der Waals surface area contributed by atoms with Crippen LogP contribution in [0.5, 0.6) is 5.75 Å². The van der Waals surface area contributed by atoms with Crippen LogP contribution in [0.25, 0.3) is 28.2 Å². The first kappa shape index (κ1) is 29.3. The molecule has 2 N–H and O–H groups in total. The number of amidine groups is 1. The van der Waals surface area contributed by atoms with Gasteiger partial charge in [-0.05, 0) is 60.2 Å². The van der Waals surface area contributed by atoms with Gasteiger partial charge in [-0.25, -0.2) is 14.8 Å². The predicted octanol–water partition coefficient (Wildman–Crippen LogP) is 6.72. The SMILES string of the molecule is COc1cccc(/C=C2\N=C(SCC(=O)Nc3ccc(-c4cc(C(=O)O)c5ccccc5n4)cc3)N(c3ccccc3)C2=O)c1. The van der Waals surface area contributed by atoms with Gasteiger partial charge in [0, 0.05) is 16.6 Å². The number of aromatic nitrogens is 1. The zero-order valence-electron chi connectivity index (χ0n) is 24.0. The molecular weight excluding hydrogens is 588 g/mol. The maximum atomic E-state index is 13.5. The summed E-state index contributed by atoms with van der Waals surface area (Å²) in [6.45, 7) is 0. The van der Waals surface area contributed by atoms with E-state index in [-0.39, 0.29) is 28.8 Å². The Morgan fingerprint density at radius 3 is 2.44 bits per heavy atom. The number of amides is 2. The Morgan fingerprint density at radius 2 is 1.69 bits per heavy atom. The van der Waals surface area contributed by atoms with Crippen LogP contribution in [0, 0.1) is 0 Å². The summed E-state index contributed by atoms with van der Waals surface area (Å²) in [6, 6.07) is 32.1. The highest BCUT2D eigenvalue weighted by Gasteiger charge is 2.32. The van der Waals surface area contributed by atoms with Gasteiger partial charge in [-0.3, -0.25) is 14.5 Å². The molecule has 0 saturated carbocycles. The molecule has 0 bridgehead atoms. The fourth-order valence-electron chi connectivity index (χ4n) is 4.84. The normalized spacial score (nSPS) is 13.6. The zero-order chi connectivity index (χ0) is 31.3. The van der Waals surface area contributed by atoms with Gasteiger partial charge in [0.1, 0.15) is 11.4 Å². The fraction of sp³-hybridized carbons (Fsp3) is 0.0571. The summed E-state index contributed by atoms with van der Waals surface area (Å²) in [5.74, 6) is -0.929. The van der Waals surface area contributed by atoms with Crippen molar-refractivity contribution in [2.24, 2.45) is 4.99 Å². The van der Waals surface area contributed by atoms with Crippen LogP contribution in [0.1, 0.15) is 15.9 Å². The quantitative estimate of drug-likeness (QED) is 0.186. The summed E-state index contributed by atoms with van der Waals surface area (Å²) >= 11 is 1.16. The van der Waals surface area contributed by atoms with Gasteiger partial charge in [-0.2, -0.15) is 0 Å². The number of carboxylic acid groups (broad SMARTS) is 1. The zero-order valence-corrected chi connectivity index (χ0v) is 24.8. The van der Waals surface area contributed by atoms with Gasteiger partial charge in [0.05, 0.1) is 35.3 Å². The van der Waals surface area contributed by atoms with Gasteiger partial charge < -0.3 is 15.2 Å². The van der Waals surface area contributed by atoms with E-state index in [4.69, 9.17) is 4.74 Å². The number of methoxy groups -OCH3 is 1. The Labute approximate surface area is 262 Å². The summed E-state index contributed by atoms with van der Waals surface area (Å²) < 4.78 is 5.30. The fourth-order valence-corrected chi connectivity index (χ4v) is 5.65. The number of hydrogen-bond donors (Lipinski definition) is 2. The van der Waals surface area contributed by atoms with E-state index in [1.165, 1.54) is 4.90 Å². The van der Waals surface area contributed by atoms with E-state index in [0.29, 0.717) is 44.5 Å². The molecule has 1 aliphatic rings. The molecule has 2 heterocycles. The highest BCUT2D eigenvalue weighted by Crippen LogP contribution is 2.30. The van der Waals surface area contributed by atoms with E-state index >= 15 is 0 Å². The molecule has 0 atom stereocenters. The van der Waals surface area contributed by atoms with E-state index in [9.17, 15) is 19.5 Å². The van der Waals surface area contributed by atoms with E-state index in [1.54, 1.807) is 61.7 Å². The van der Waals surface area contributed by atoms with Crippen LogP contribution in [0.4, 0.5) is 11.4 Å². The number of rotatable bonds is 8. The Balaban J connectivity index is 1.17. The van der Waals surface area contributed by atoms with E-state index in [2.05, 4.69) is 15.3 Å². The van der Waals surface area contributed by atoms with Crippen LogP contribution < -0.4 is 15.0 Å². The van der Waals surface area contributed by atoms with Crippen LogP contribution in [0.15, 0.2) is 120 Å². The average Bonchev–Trinajstić information content (AvgIpc) is 3.38. The van der Waals surface area contributed by atoms with Gasteiger partial charge in [0.25, 0.3) is 5.91 Å². The lowest BCUT2D eigenvalue weighted by molar-refractivity contribution is -0.114. The highest BCUT2D eigenvalue weighted by molar-refractivity contribution is 8.14. The lowest BCUT2D eigenvalue weighted by Gasteiger charge is -2.17. The van der Waals surface area contributed by atoms with Crippen molar-refractivity contribution >= 4 is 63.1 Å². The largest absolute Gasteiger partial charge is 0.497 e. The van der Waals surface area contributed by atoms with Gasteiger partial charge >= 0.3 is 5.97 Å². The summed E-state index contributed by atoms with van der Waals surface area (Å²) in [5.41, 5.74) is 4.20. The molecule has 1 aromatic heterocycles. The molecule has 45 heavy (non-hydrogen) atoms. The molecule has 0 saturated heterocycles. The van der Waals surface area contributed by atoms with E-state index in [1.807, 2.05) is 60.7 Å². The molecule has 2 amide bonds. The first-order valence-electron chi connectivity index (χ1n) is 13.9. The minimum atomic E-state index is -1.03. The monoisotopic (exact) mass is 614 g/mol. The third-order valence-electron chi connectivity index (χ3n) is 6.98. The first-order chi connectivity index (χ1) is 21.9.